The highest BCUT2D eigenvalue weighted by Crippen LogP contribution is 2.14. The SMILES string of the molecule is C=C=Cn1cc(C#N)c(C)c1C. The zero-order valence-corrected chi connectivity index (χ0v) is 7.26. The first kappa shape index (κ1) is 8.39. The molecule has 0 amide bonds. The van der Waals surface area contributed by atoms with E-state index < -0.39 is 0 Å². The smallest absolute Gasteiger partial charge is 0.101 e. The van der Waals surface area contributed by atoms with Gasteiger partial charge in [0.05, 0.1) is 11.8 Å². The topological polar surface area (TPSA) is 28.7 Å². The van der Waals surface area contributed by atoms with Gasteiger partial charge in [0.25, 0.3) is 0 Å². The molecular formula is C10H10N2. The fourth-order valence-corrected chi connectivity index (χ4v) is 1.07. The summed E-state index contributed by atoms with van der Waals surface area (Å²) in [5.74, 6) is 0. The van der Waals surface area contributed by atoms with Crippen LogP contribution in [0.1, 0.15) is 16.8 Å². The second-order valence-electron chi connectivity index (χ2n) is 2.61. The van der Waals surface area contributed by atoms with Crippen LogP contribution in [-0.4, -0.2) is 4.57 Å². The van der Waals surface area contributed by atoms with Crippen LogP contribution in [0.15, 0.2) is 18.5 Å². The van der Waals surface area contributed by atoms with E-state index in [9.17, 15) is 0 Å². The van der Waals surface area contributed by atoms with E-state index in [0.717, 1.165) is 11.3 Å². The van der Waals surface area contributed by atoms with Crippen molar-refractivity contribution in [1.82, 2.24) is 4.57 Å². The van der Waals surface area contributed by atoms with Crippen molar-refractivity contribution in [3.05, 3.63) is 35.3 Å². The third-order valence-electron chi connectivity index (χ3n) is 1.95. The van der Waals surface area contributed by atoms with Crippen LogP contribution >= 0.6 is 0 Å². The molecule has 12 heavy (non-hydrogen) atoms. The summed E-state index contributed by atoms with van der Waals surface area (Å²) in [5.41, 5.74) is 5.45. The van der Waals surface area contributed by atoms with Gasteiger partial charge in [-0.3, -0.25) is 0 Å². The summed E-state index contributed by atoms with van der Waals surface area (Å²) in [6, 6.07) is 2.13. The highest BCUT2D eigenvalue weighted by Gasteiger charge is 2.05. The van der Waals surface area contributed by atoms with Crippen LogP contribution in [0.2, 0.25) is 0 Å². The van der Waals surface area contributed by atoms with Crippen molar-refractivity contribution in [1.29, 1.82) is 5.26 Å². The fourth-order valence-electron chi connectivity index (χ4n) is 1.07. The predicted molar refractivity (Wildman–Crippen MR) is 48.5 cm³/mol. The van der Waals surface area contributed by atoms with Crippen LogP contribution in [0.4, 0.5) is 0 Å². The average Bonchev–Trinajstić information content (AvgIpc) is 2.33. The van der Waals surface area contributed by atoms with Crippen LogP contribution in [0.25, 0.3) is 6.20 Å². The number of hydrogen-bond acceptors (Lipinski definition) is 1. The monoisotopic (exact) mass is 158 g/mol. The lowest BCUT2D eigenvalue weighted by atomic mass is 10.2. The predicted octanol–water partition coefficient (Wildman–Crippen LogP) is 2.23. The molecule has 0 aliphatic carbocycles. The molecule has 1 rings (SSSR count). The minimum absolute atomic E-state index is 0.707. The standard InChI is InChI=1S/C10H10N2/c1-4-5-12-7-10(6-11)8(2)9(12)3/h5,7H,1H2,2-3H3. The Bertz CT molecular complexity index is 385. The first-order chi connectivity index (χ1) is 5.70. The van der Waals surface area contributed by atoms with E-state index in [-0.39, 0.29) is 0 Å². The molecule has 0 spiro atoms. The number of hydrogen-bond donors (Lipinski definition) is 0. The maximum atomic E-state index is 8.71. The Labute approximate surface area is 72.1 Å². The minimum atomic E-state index is 0.707. The van der Waals surface area contributed by atoms with Gasteiger partial charge < -0.3 is 4.57 Å². The van der Waals surface area contributed by atoms with Gasteiger partial charge in [0.1, 0.15) is 6.07 Å². The van der Waals surface area contributed by atoms with E-state index in [1.54, 1.807) is 12.4 Å². The fraction of sp³-hybridized carbons (Fsp3) is 0.200. The number of nitrogens with zero attached hydrogens (tertiary/aromatic N) is 2. The number of rotatable bonds is 1. The number of nitriles is 1. The lowest BCUT2D eigenvalue weighted by Gasteiger charge is -1.94. The molecule has 0 aliphatic rings. The van der Waals surface area contributed by atoms with Crippen LogP contribution < -0.4 is 0 Å². The lowest BCUT2D eigenvalue weighted by Crippen LogP contribution is -1.85. The second-order valence-corrected chi connectivity index (χ2v) is 2.61. The van der Waals surface area contributed by atoms with Crippen molar-refractivity contribution < 1.29 is 0 Å². The van der Waals surface area contributed by atoms with E-state index in [4.69, 9.17) is 5.26 Å². The Hall–Kier alpha value is -1.71. The molecule has 60 valence electrons. The van der Waals surface area contributed by atoms with E-state index in [2.05, 4.69) is 18.4 Å². The van der Waals surface area contributed by atoms with Crippen LogP contribution in [0, 0.1) is 25.2 Å². The van der Waals surface area contributed by atoms with Crippen LogP contribution in [-0.2, 0) is 0 Å². The summed E-state index contributed by atoms with van der Waals surface area (Å²) in [4.78, 5) is 0. The van der Waals surface area contributed by atoms with E-state index in [1.807, 2.05) is 18.4 Å². The quantitative estimate of drug-likeness (QED) is 0.576. The summed E-state index contributed by atoms with van der Waals surface area (Å²) in [7, 11) is 0. The molecule has 1 aromatic heterocycles. The molecule has 2 nitrogen and oxygen atoms in total. The lowest BCUT2D eigenvalue weighted by molar-refractivity contribution is 1.07. The summed E-state index contributed by atoms with van der Waals surface area (Å²) in [6.45, 7) is 7.37. The minimum Gasteiger partial charge on any atom is -0.319 e. The summed E-state index contributed by atoms with van der Waals surface area (Å²) >= 11 is 0. The van der Waals surface area contributed by atoms with Gasteiger partial charge in [-0.25, -0.2) is 0 Å². The van der Waals surface area contributed by atoms with Gasteiger partial charge in [-0.15, -0.1) is 5.73 Å². The average molecular weight is 158 g/mol. The first-order valence-corrected chi connectivity index (χ1v) is 3.64. The first-order valence-electron chi connectivity index (χ1n) is 3.64. The molecule has 0 aliphatic heterocycles. The summed E-state index contributed by atoms with van der Waals surface area (Å²) in [5, 5.41) is 8.71. The van der Waals surface area contributed by atoms with Crippen molar-refractivity contribution in [3.63, 3.8) is 0 Å². The van der Waals surface area contributed by atoms with Gasteiger partial charge in [0, 0.05) is 11.9 Å². The number of aromatic nitrogens is 1. The molecule has 2 heteroatoms. The van der Waals surface area contributed by atoms with Gasteiger partial charge >= 0.3 is 0 Å². The molecule has 0 unspecified atom stereocenters. The molecule has 1 aromatic rings. The molecule has 0 aromatic carbocycles. The highest BCUT2D eigenvalue weighted by atomic mass is 14.9. The molecule has 1 heterocycles. The van der Waals surface area contributed by atoms with Gasteiger partial charge in [0.15, 0.2) is 0 Å². The van der Waals surface area contributed by atoms with Crippen molar-refractivity contribution in [2.75, 3.05) is 0 Å². The molecule has 0 bridgehead atoms. The molecule has 0 saturated heterocycles. The summed E-state index contributed by atoms with van der Waals surface area (Å²) in [6.07, 6.45) is 3.49. The Morgan fingerprint density at radius 2 is 2.25 bits per heavy atom. The summed E-state index contributed by atoms with van der Waals surface area (Å²) < 4.78 is 1.85. The van der Waals surface area contributed by atoms with Gasteiger partial charge in [0.2, 0.25) is 0 Å². The van der Waals surface area contributed by atoms with Crippen molar-refractivity contribution in [3.8, 4) is 6.07 Å². The van der Waals surface area contributed by atoms with Crippen LogP contribution in [0.3, 0.4) is 0 Å². The normalized spacial score (nSPS) is 8.75. The largest absolute Gasteiger partial charge is 0.319 e. The zero-order chi connectivity index (χ0) is 9.14. The van der Waals surface area contributed by atoms with Crippen LogP contribution in [0.5, 0.6) is 0 Å². The van der Waals surface area contributed by atoms with Crippen molar-refractivity contribution >= 4 is 6.20 Å². The Morgan fingerprint density at radius 1 is 1.58 bits per heavy atom. The van der Waals surface area contributed by atoms with Gasteiger partial charge in [-0.2, -0.15) is 5.26 Å². The Morgan fingerprint density at radius 3 is 2.67 bits per heavy atom. The van der Waals surface area contributed by atoms with Crippen molar-refractivity contribution in [2.24, 2.45) is 0 Å². The third-order valence-corrected chi connectivity index (χ3v) is 1.95. The van der Waals surface area contributed by atoms with E-state index in [1.165, 1.54) is 0 Å². The molecule has 0 N–H and O–H groups in total. The molecule has 0 atom stereocenters. The van der Waals surface area contributed by atoms with E-state index in [0.29, 0.717) is 5.56 Å². The maximum Gasteiger partial charge on any atom is 0.101 e. The molecule has 0 fully saturated rings. The Balaban J connectivity index is 3.36. The molecular weight excluding hydrogens is 148 g/mol. The highest BCUT2D eigenvalue weighted by molar-refractivity contribution is 5.44. The van der Waals surface area contributed by atoms with Gasteiger partial charge in [-0.05, 0) is 19.4 Å². The van der Waals surface area contributed by atoms with Crippen molar-refractivity contribution in [2.45, 2.75) is 13.8 Å². The van der Waals surface area contributed by atoms with E-state index >= 15 is 0 Å². The molecule has 0 radical (unpaired) electrons. The second kappa shape index (κ2) is 3.13. The third kappa shape index (κ3) is 1.18. The molecule has 0 saturated carbocycles. The zero-order valence-electron chi connectivity index (χ0n) is 7.26. The Kier molecular flexibility index (Phi) is 2.19. The maximum absolute atomic E-state index is 8.71. The van der Waals surface area contributed by atoms with Gasteiger partial charge in [-0.1, -0.05) is 6.58 Å².